The van der Waals surface area contributed by atoms with Crippen LogP contribution in [0.3, 0.4) is 0 Å². The van der Waals surface area contributed by atoms with Gasteiger partial charge in [0, 0.05) is 19.3 Å². The van der Waals surface area contributed by atoms with Gasteiger partial charge >= 0.3 is 0 Å². The lowest BCUT2D eigenvalue weighted by molar-refractivity contribution is 0.0947. The summed E-state index contributed by atoms with van der Waals surface area (Å²) < 4.78 is 14.1. The van der Waals surface area contributed by atoms with Gasteiger partial charge < -0.3 is 10.6 Å². The maximum Gasteiger partial charge on any atom is 0.254 e. The Hall–Kier alpha value is -1.65. The van der Waals surface area contributed by atoms with Crippen molar-refractivity contribution in [2.75, 3.05) is 18.4 Å². The molecule has 1 fully saturated rings. The first kappa shape index (κ1) is 13.8. The Labute approximate surface area is 112 Å². The van der Waals surface area contributed by atoms with Crippen molar-refractivity contribution < 1.29 is 9.18 Å². The average Bonchev–Trinajstić information content (AvgIpc) is 3.11. The largest absolute Gasteiger partial charge is 0.368 e. The third-order valence-corrected chi connectivity index (χ3v) is 3.48. The summed E-state index contributed by atoms with van der Waals surface area (Å²) in [5.41, 5.74) is 0.0573. The predicted octanol–water partition coefficient (Wildman–Crippen LogP) is 2.43. The van der Waals surface area contributed by atoms with Gasteiger partial charge in [-0.1, -0.05) is 13.8 Å². The molecule has 2 N–H and O–H groups in total. The van der Waals surface area contributed by atoms with Crippen LogP contribution in [0.25, 0.3) is 0 Å². The van der Waals surface area contributed by atoms with Gasteiger partial charge in [0.15, 0.2) is 11.6 Å². The number of hydrogen-bond acceptors (Lipinski definition) is 3. The summed E-state index contributed by atoms with van der Waals surface area (Å²) in [5, 5.41) is 5.66. The van der Waals surface area contributed by atoms with Crippen molar-refractivity contribution in [3.8, 4) is 0 Å². The number of pyridine rings is 1. The van der Waals surface area contributed by atoms with E-state index < -0.39 is 5.82 Å². The van der Waals surface area contributed by atoms with Crippen molar-refractivity contribution >= 4 is 11.7 Å². The summed E-state index contributed by atoms with van der Waals surface area (Å²) in [5.74, 6) is 0.432. The molecule has 1 saturated carbocycles. The number of halogens is 1. The van der Waals surface area contributed by atoms with Gasteiger partial charge in [0.1, 0.15) is 0 Å². The molecule has 0 saturated heterocycles. The van der Waals surface area contributed by atoms with E-state index in [0.717, 1.165) is 12.8 Å². The summed E-state index contributed by atoms with van der Waals surface area (Å²) in [7, 11) is 0. The normalized spacial score (nSPS) is 21.0. The zero-order valence-electron chi connectivity index (χ0n) is 11.4. The summed E-state index contributed by atoms with van der Waals surface area (Å²) in [6, 6.07) is 1.41. The third kappa shape index (κ3) is 3.43. The number of nitrogens with zero attached hydrogens (tertiary/aromatic N) is 1. The molecule has 104 valence electrons. The fraction of sp³-hybridized carbons (Fsp3) is 0.571. The molecule has 19 heavy (non-hydrogen) atoms. The SMILES string of the molecule is CCCNc1nccc(C(=O)NCC2CC2C)c1F. The molecule has 1 heterocycles. The van der Waals surface area contributed by atoms with Crippen LogP contribution in [-0.2, 0) is 0 Å². The fourth-order valence-electron chi connectivity index (χ4n) is 1.99. The van der Waals surface area contributed by atoms with Crippen LogP contribution in [0.5, 0.6) is 0 Å². The number of rotatable bonds is 6. The van der Waals surface area contributed by atoms with Crippen molar-refractivity contribution in [3.05, 3.63) is 23.6 Å². The minimum Gasteiger partial charge on any atom is -0.368 e. The maximum absolute atomic E-state index is 14.1. The molecule has 1 amide bonds. The highest BCUT2D eigenvalue weighted by atomic mass is 19.1. The first-order valence-corrected chi connectivity index (χ1v) is 6.80. The summed E-state index contributed by atoms with van der Waals surface area (Å²) in [6.07, 6.45) is 3.47. The van der Waals surface area contributed by atoms with Gasteiger partial charge in [-0.05, 0) is 30.7 Å². The summed E-state index contributed by atoms with van der Waals surface area (Å²) >= 11 is 0. The first-order valence-electron chi connectivity index (χ1n) is 6.80. The minimum absolute atomic E-state index is 0.0573. The molecule has 2 atom stereocenters. The molecule has 5 heteroatoms. The zero-order valence-corrected chi connectivity index (χ0v) is 11.4. The number of carbonyl (C=O) groups is 1. The molecule has 4 nitrogen and oxygen atoms in total. The van der Waals surface area contributed by atoms with Gasteiger partial charge in [-0.25, -0.2) is 9.37 Å². The summed E-state index contributed by atoms with van der Waals surface area (Å²) in [4.78, 5) is 15.8. The quantitative estimate of drug-likeness (QED) is 0.830. The number of carbonyl (C=O) groups excluding carboxylic acids is 1. The highest BCUT2D eigenvalue weighted by Gasteiger charge is 2.32. The summed E-state index contributed by atoms with van der Waals surface area (Å²) in [6.45, 7) is 5.39. The molecule has 0 spiro atoms. The van der Waals surface area contributed by atoms with E-state index in [9.17, 15) is 9.18 Å². The number of amides is 1. The highest BCUT2D eigenvalue weighted by Crippen LogP contribution is 2.36. The van der Waals surface area contributed by atoms with Gasteiger partial charge in [-0.3, -0.25) is 4.79 Å². The fourth-order valence-corrected chi connectivity index (χ4v) is 1.99. The molecular formula is C14H20FN3O. The van der Waals surface area contributed by atoms with Crippen molar-refractivity contribution in [1.29, 1.82) is 0 Å². The lowest BCUT2D eigenvalue weighted by atomic mass is 10.2. The zero-order chi connectivity index (χ0) is 13.8. The molecule has 2 rings (SSSR count). The highest BCUT2D eigenvalue weighted by molar-refractivity contribution is 5.95. The molecule has 0 aromatic carbocycles. The van der Waals surface area contributed by atoms with Crippen molar-refractivity contribution in [3.63, 3.8) is 0 Å². The Kier molecular flexibility index (Phi) is 4.35. The molecule has 2 unspecified atom stereocenters. The number of anilines is 1. The second-order valence-electron chi connectivity index (χ2n) is 5.13. The van der Waals surface area contributed by atoms with E-state index in [1.165, 1.54) is 12.3 Å². The number of hydrogen-bond donors (Lipinski definition) is 2. The second-order valence-corrected chi connectivity index (χ2v) is 5.13. The Balaban J connectivity index is 1.99. The first-order chi connectivity index (χ1) is 9.13. The topological polar surface area (TPSA) is 54.0 Å². The average molecular weight is 265 g/mol. The van der Waals surface area contributed by atoms with Gasteiger partial charge in [-0.2, -0.15) is 0 Å². The number of nitrogens with one attached hydrogen (secondary N) is 2. The van der Waals surface area contributed by atoms with Crippen molar-refractivity contribution in [2.24, 2.45) is 11.8 Å². The Morgan fingerprint density at radius 1 is 1.58 bits per heavy atom. The Bertz CT molecular complexity index is 464. The molecule has 1 aliphatic rings. The van der Waals surface area contributed by atoms with E-state index in [1.807, 2.05) is 6.92 Å². The van der Waals surface area contributed by atoms with Crippen LogP contribution >= 0.6 is 0 Å². The predicted molar refractivity (Wildman–Crippen MR) is 72.6 cm³/mol. The van der Waals surface area contributed by atoms with Crippen LogP contribution in [0.2, 0.25) is 0 Å². The van der Waals surface area contributed by atoms with E-state index in [2.05, 4.69) is 22.5 Å². The van der Waals surface area contributed by atoms with Crippen LogP contribution in [-0.4, -0.2) is 24.0 Å². The van der Waals surface area contributed by atoms with Gasteiger partial charge in [0.25, 0.3) is 5.91 Å². The van der Waals surface area contributed by atoms with Crippen LogP contribution in [0, 0.1) is 17.7 Å². The minimum atomic E-state index is -0.572. The van der Waals surface area contributed by atoms with E-state index in [-0.39, 0.29) is 17.3 Å². The molecule has 1 aromatic heterocycles. The van der Waals surface area contributed by atoms with Crippen LogP contribution in [0.1, 0.15) is 37.0 Å². The van der Waals surface area contributed by atoms with E-state index in [4.69, 9.17) is 0 Å². The Morgan fingerprint density at radius 3 is 2.95 bits per heavy atom. The lowest BCUT2D eigenvalue weighted by Gasteiger charge is -2.09. The van der Waals surface area contributed by atoms with Crippen molar-refractivity contribution in [2.45, 2.75) is 26.7 Å². The molecule has 1 aliphatic carbocycles. The Morgan fingerprint density at radius 2 is 2.32 bits per heavy atom. The van der Waals surface area contributed by atoms with E-state index in [0.29, 0.717) is 24.9 Å². The number of aromatic nitrogens is 1. The van der Waals surface area contributed by atoms with Gasteiger partial charge in [0.2, 0.25) is 0 Å². The standard InChI is InChI=1S/C14H20FN3O/c1-3-5-16-13-12(15)11(4-6-17-13)14(19)18-8-10-7-9(10)2/h4,6,9-10H,3,5,7-8H2,1-2H3,(H,16,17)(H,18,19). The maximum atomic E-state index is 14.1. The molecular weight excluding hydrogens is 245 g/mol. The molecule has 0 bridgehead atoms. The smallest absolute Gasteiger partial charge is 0.254 e. The lowest BCUT2D eigenvalue weighted by Crippen LogP contribution is -2.27. The van der Waals surface area contributed by atoms with Gasteiger partial charge in [-0.15, -0.1) is 0 Å². The van der Waals surface area contributed by atoms with Crippen LogP contribution in [0.15, 0.2) is 12.3 Å². The van der Waals surface area contributed by atoms with Crippen LogP contribution < -0.4 is 10.6 Å². The third-order valence-electron chi connectivity index (χ3n) is 3.48. The van der Waals surface area contributed by atoms with E-state index in [1.54, 1.807) is 0 Å². The molecule has 0 aliphatic heterocycles. The van der Waals surface area contributed by atoms with E-state index >= 15 is 0 Å². The molecule has 1 aromatic rings. The van der Waals surface area contributed by atoms with Gasteiger partial charge in [0.05, 0.1) is 5.56 Å². The second kappa shape index (κ2) is 5.99. The monoisotopic (exact) mass is 265 g/mol. The van der Waals surface area contributed by atoms with Crippen LogP contribution in [0.4, 0.5) is 10.2 Å². The van der Waals surface area contributed by atoms with Crippen molar-refractivity contribution in [1.82, 2.24) is 10.3 Å². The molecule has 0 radical (unpaired) electrons.